The molecule has 1 N–H and O–H groups in total. The Hall–Kier alpha value is -2.39. The normalized spacial score (nSPS) is 10.6. The molecule has 0 aliphatic carbocycles. The minimum Gasteiger partial charge on any atom is -0.427 e. The Morgan fingerprint density at radius 3 is 2.50 bits per heavy atom. The van der Waals surface area contributed by atoms with Crippen LogP contribution in [-0.4, -0.2) is 24.6 Å². The molecule has 1 aromatic carbocycles. The van der Waals surface area contributed by atoms with Gasteiger partial charge >= 0.3 is 5.97 Å². The third-order valence-electron chi connectivity index (χ3n) is 2.68. The molecular formula is C14H16N2O4. The smallest absolute Gasteiger partial charge is 0.308 e. The summed E-state index contributed by atoms with van der Waals surface area (Å²) in [7, 11) is 1.43. The van der Waals surface area contributed by atoms with Crippen molar-refractivity contribution < 1.29 is 19.1 Å². The maximum absolute atomic E-state index is 12.0. The highest BCUT2D eigenvalue weighted by Gasteiger charge is 2.27. The number of hydrogen-bond donors (Lipinski definition) is 1. The van der Waals surface area contributed by atoms with Gasteiger partial charge in [0.2, 0.25) is 0 Å². The Morgan fingerprint density at radius 1 is 1.35 bits per heavy atom. The number of nitrogens with zero attached hydrogens (tertiary/aromatic N) is 1. The average Bonchev–Trinajstić information content (AvgIpc) is 2.39. The number of rotatable bonds is 4. The molecular weight excluding hydrogens is 260 g/mol. The second-order valence-electron chi connectivity index (χ2n) is 4.58. The van der Waals surface area contributed by atoms with Gasteiger partial charge < -0.3 is 14.8 Å². The first-order valence-corrected chi connectivity index (χ1v) is 5.89. The van der Waals surface area contributed by atoms with Gasteiger partial charge in [-0.2, -0.15) is 5.26 Å². The topological polar surface area (TPSA) is 88.4 Å². The van der Waals surface area contributed by atoms with Crippen LogP contribution in [-0.2, 0) is 14.3 Å². The van der Waals surface area contributed by atoms with Crippen LogP contribution in [0.5, 0.6) is 5.75 Å². The second-order valence-corrected chi connectivity index (χ2v) is 4.58. The van der Waals surface area contributed by atoms with Gasteiger partial charge in [0.15, 0.2) is 0 Å². The van der Waals surface area contributed by atoms with Gasteiger partial charge in [-0.1, -0.05) is 0 Å². The van der Waals surface area contributed by atoms with E-state index in [1.54, 1.807) is 13.8 Å². The van der Waals surface area contributed by atoms with Crippen molar-refractivity contribution in [3.05, 3.63) is 23.8 Å². The highest BCUT2D eigenvalue weighted by atomic mass is 16.5. The molecule has 0 aliphatic heterocycles. The second kappa shape index (κ2) is 6.17. The van der Waals surface area contributed by atoms with E-state index in [-0.39, 0.29) is 17.2 Å². The summed E-state index contributed by atoms with van der Waals surface area (Å²) >= 11 is 0. The minimum atomic E-state index is -1.01. The third-order valence-corrected chi connectivity index (χ3v) is 2.68. The molecule has 1 rings (SSSR count). The number of carbonyl (C=O) groups is 2. The van der Waals surface area contributed by atoms with Crippen molar-refractivity contribution in [1.82, 2.24) is 0 Å². The number of hydrogen-bond acceptors (Lipinski definition) is 5. The van der Waals surface area contributed by atoms with E-state index in [2.05, 4.69) is 5.32 Å². The van der Waals surface area contributed by atoms with Gasteiger partial charge in [-0.15, -0.1) is 0 Å². The van der Waals surface area contributed by atoms with E-state index < -0.39 is 11.6 Å². The molecule has 1 aromatic rings. The molecule has 0 spiro atoms. The van der Waals surface area contributed by atoms with Crippen molar-refractivity contribution in [3.63, 3.8) is 0 Å². The molecule has 20 heavy (non-hydrogen) atoms. The molecule has 106 valence electrons. The van der Waals surface area contributed by atoms with E-state index in [1.807, 2.05) is 6.07 Å². The van der Waals surface area contributed by atoms with Crippen LogP contribution in [0, 0.1) is 11.3 Å². The Kier molecular flexibility index (Phi) is 4.83. The highest BCUT2D eigenvalue weighted by molar-refractivity contribution is 5.97. The van der Waals surface area contributed by atoms with Gasteiger partial charge in [-0.25, -0.2) is 0 Å². The molecule has 0 saturated carbocycles. The number of anilines is 1. The summed E-state index contributed by atoms with van der Waals surface area (Å²) in [5.74, 6) is -0.610. The monoisotopic (exact) mass is 276 g/mol. The quantitative estimate of drug-likeness (QED) is 0.669. The summed E-state index contributed by atoms with van der Waals surface area (Å²) in [6.07, 6.45) is 0. The van der Waals surface area contributed by atoms with Crippen LogP contribution in [0.25, 0.3) is 0 Å². The lowest BCUT2D eigenvalue weighted by Gasteiger charge is -2.22. The number of amides is 1. The number of methoxy groups -OCH3 is 1. The lowest BCUT2D eigenvalue weighted by Crippen LogP contribution is -2.39. The van der Waals surface area contributed by atoms with Gasteiger partial charge in [0.1, 0.15) is 17.4 Å². The Morgan fingerprint density at radius 2 is 2.00 bits per heavy atom. The zero-order chi connectivity index (χ0) is 15.3. The molecule has 6 nitrogen and oxygen atoms in total. The molecule has 0 heterocycles. The van der Waals surface area contributed by atoms with Crippen LogP contribution in [0.2, 0.25) is 0 Å². The van der Waals surface area contributed by atoms with E-state index in [0.29, 0.717) is 5.69 Å². The fourth-order valence-corrected chi connectivity index (χ4v) is 1.32. The number of nitrogens with one attached hydrogen (secondary N) is 1. The number of benzene rings is 1. The molecule has 6 heteroatoms. The van der Waals surface area contributed by atoms with Gasteiger partial charge in [0.25, 0.3) is 5.91 Å². The summed E-state index contributed by atoms with van der Waals surface area (Å²) in [5.41, 5.74) is -0.482. The maximum atomic E-state index is 12.0. The van der Waals surface area contributed by atoms with Gasteiger partial charge in [0, 0.05) is 20.1 Å². The lowest BCUT2D eigenvalue weighted by molar-refractivity contribution is -0.134. The molecule has 0 radical (unpaired) electrons. The van der Waals surface area contributed by atoms with E-state index in [9.17, 15) is 9.59 Å². The number of esters is 1. The van der Waals surface area contributed by atoms with Crippen molar-refractivity contribution >= 4 is 17.6 Å². The van der Waals surface area contributed by atoms with Crippen molar-refractivity contribution in [1.29, 1.82) is 5.26 Å². The largest absolute Gasteiger partial charge is 0.427 e. The SMILES string of the molecule is COC(C)(C)C(=O)Nc1ccc(OC(C)=O)cc1C#N. The van der Waals surface area contributed by atoms with Crippen LogP contribution in [0.4, 0.5) is 5.69 Å². The Balaban J connectivity index is 3.00. The summed E-state index contributed by atoms with van der Waals surface area (Å²) in [6, 6.07) is 6.32. The van der Waals surface area contributed by atoms with E-state index >= 15 is 0 Å². The summed E-state index contributed by atoms with van der Waals surface area (Å²) in [4.78, 5) is 22.8. The lowest BCUT2D eigenvalue weighted by atomic mass is 10.1. The fraction of sp³-hybridized carbons (Fsp3) is 0.357. The van der Waals surface area contributed by atoms with Crippen LogP contribution in [0.1, 0.15) is 26.3 Å². The van der Waals surface area contributed by atoms with Crippen molar-refractivity contribution in [2.75, 3.05) is 12.4 Å². The van der Waals surface area contributed by atoms with Crippen LogP contribution in [0.15, 0.2) is 18.2 Å². The number of ether oxygens (including phenoxy) is 2. The molecule has 0 aromatic heterocycles. The summed E-state index contributed by atoms with van der Waals surface area (Å²) in [6.45, 7) is 4.49. The first-order chi connectivity index (χ1) is 9.30. The zero-order valence-electron chi connectivity index (χ0n) is 11.8. The van der Waals surface area contributed by atoms with Gasteiger partial charge in [-0.05, 0) is 26.0 Å². The average molecular weight is 276 g/mol. The van der Waals surface area contributed by atoms with E-state index in [0.717, 1.165) is 0 Å². The van der Waals surface area contributed by atoms with E-state index in [4.69, 9.17) is 14.7 Å². The number of nitriles is 1. The van der Waals surface area contributed by atoms with Crippen LogP contribution in [0.3, 0.4) is 0 Å². The summed E-state index contributed by atoms with van der Waals surface area (Å²) in [5, 5.41) is 11.7. The third kappa shape index (κ3) is 3.80. The molecule has 0 atom stereocenters. The first-order valence-electron chi connectivity index (χ1n) is 5.89. The van der Waals surface area contributed by atoms with Gasteiger partial charge in [0.05, 0.1) is 11.3 Å². The highest BCUT2D eigenvalue weighted by Crippen LogP contribution is 2.23. The minimum absolute atomic E-state index is 0.198. The first kappa shape index (κ1) is 15.7. The standard InChI is InChI=1S/C14H16N2O4/c1-9(17)20-11-5-6-12(10(7-11)8-15)16-13(18)14(2,3)19-4/h5-7H,1-4H3,(H,16,18). The van der Waals surface area contributed by atoms with E-state index in [1.165, 1.54) is 32.2 Å². The fourth-order valence-electron chi connectivity index (χ4n) is 1.32. The molecule has 0 unspecified atom stereocenters. The summed E-state index contributed by atoms with van der Waals surface area (Å²) < 4.78 is 9.93. The predicted molar refractivity (Wildman–Crippen MR) is 72.2 cm³/mol. The van der Waals surface area contributed by atoms with Crippen LogP contribution < -0.4 is 10.1 Å². The van der Waals surface area contributed by atoms with Gasteiger partial charge in [-0.3, -0.25) is 9.59 Å². The Labute approximate surface area is 117 Å². The van der Waals surface area contributed by atoms with Crippen molar-refractivity contribution in [2.45, 2.75) is 26.4 Å². The molecule has 1 amide bonds. The molecule has 0 saturated heterocycles. The maximum Gasteiger partial charge on any atom is 0.308 e. The van der Waals surface area contributed by atoms with Crippen molar-refractivity contribution in [2.24, 2.45) is 0 Å². The molecule has 0 fully saturated rings. The van der Waals surface area contributed by atoms with Crippen LogP contribution >= 0.6 is 0 Å². The molecule has 0 bridgehead atoms. The predicted octanol–water partition coefficient (Wildman–Crippen LogP) is 1.85. The Bertz CT molecular complexity index is 573. The number of carbonyl (C=O) groups excluding carboxylic acids is 2. The zero-order valence-corrected chi connectivity index (χ0v) is 11.8. The molecule has 0 aliphatic rings. The van der Waals surface area contributed by atoms with Crippen molar-refractivity contribution in [3.8, 4) is 11.8 Å².